The fourth-order valence-corrected chi connectivity index (χ4v) is 6.15. The monoisotopic (exact) mass is 525 g/mol. The van der Waals surface area contributed by atoms with Gasteiger partial charge in [-0.25, -0.2) is 15.0 Å². The van der Waals surface area contributed by atoms with Crippen LogP contribution >= 0.6 is 0 Å². The second kappa shape index (κ2) is 8.91. The molecule has 0 radical (unpaired) electrons. The van der Waals surface area contributed by atoms with E-state index in [1.807, 2.05) is 26.0 Å². The van der Waals surface area contributed by atoms with Crippen molar-refractivity contribution in [2.24, 2.45) is 5.92 Å². The Bertz CT molecular complexity index is 1520. The molecule has 2 aliphatic rings. The lowest BCUT2D eigenvalue weighted by Crippen LogP contribution is -2.27. The molecule has 4 atom stereocenters. The molecule has 200 valence electrons. The van der Waals surface area contributed by atoms with Crippen LogP contribution in [0.15, 0.2) is 42.9 Å². The van der Waals surface area contributed by atoms with Gasteiger partial charge in [-0.3, -0.25) is 0 Å². The summed E-state index contributed by atoms with van der Waals surface area (Å²) in [5.41, 5.74) is 8.11. The number of hydrogen-bond acceptors (Lipinski definition) is 6. The normalized spacial score (nSPS) is 24.9. The number of anilines is 1. The van der Waals surface area contributed by atoms with Gasteiger partial charge in [0.2, 0.25) is 0 Å². The third-order valence-corrected chi connectivity index (χ3v) is 7.86. The Balaban J connectivity index is 1.25. The summed E-state index contributed by atoms with van der Waals surface area (Å²) in [6, 6.07) is 8.59. The third kappa shape index (κ3) is 4.29. The second-order valence-corrected chi connectivity index (χ2v) is 10.7. The van der Waals surface area contributed by atoms with Crippen molar-refractivity contribution in [3.05, 3.63) is 59.7 Å². The fourth-order valence-electron chi connectivity index (χ4n) is 6.15. The highest BCUT2D eigenvalue weighted by Gasteiger charge is 2.54. The van der Waals surface area contributed by atoms with Crippen molar-refractivity contribution in [1.29, 1.82) is 0 Å². The molecule has 10 heteroatoms. The predicted molar refractivity (Wildman–Crippen MR) is 137 cm³/mol. The summed E-state index contributed by atoms with van der Waals surface area (Å²) in [4.78, 5) is 13.1. The maximum atomic E-state index is 13.2. The van der Waals surface area contributed by atoms with E-state index >= 15 is 0 Å². The summed E-state index contributed by atoms with van der Waals surface area (Å²) in [6.45, 7) is 5.97. The second-order valence-electron chi connectivity index (χ2n) is 10.7. The molecule has 0 spiro atoms. The van der Waals surface area contributed by atoms with Gasteiger partial charge in [0.05, 0.1) is 28.9 Å². The number of nitrogens with zero attached hydrogens (tertiary/aromatic N) is 4. The van der Waals surface area contributed by atoms with Crippen molar-refractivity contribution in [1.82, 2.24) is 19.5 Å². The van der Waals surface area contributed by atoms with E-state index in [2.05, 4.69) is 38.7 Å². The molecule has 4 heterocycles. The van der Waals surface area contributed by atoms with Gasteiger partial charge in [-0.1, -0.05) is 19.1 Å². The van der Waals surface area contributed by atoms with Crippen molar-refractivity contribution >= 4 is 27.8 Å². The number of alkyl halides is 3. The predicted octanol–water partition coefficient (Wildman–Crippen LogP) is 5.86. The smallest absolute Gasteiger partial charge is 0.383 e. The van der Waals surface area contributed by atoms with Gasteiger partial charge in [-0.15, -0.1) is 0 Å². The van der Waals surface area contributed by atoms with Gasteiger partial charge < -0.3 is 19.8 Å². The SMILES string of the molecule is CCc1ncnc2c1ccn2[C@@H]1C[C@H](CCc2ccc3cc(C(F)(F)F)c(N)nc3c2)[C@H]2OC(C)(C)O[C@H]21. The van der Waals surface area contributed by atoms with Gasteiger partial charge in [0.1, 0.15) is 23.9 Å². The topological polar surface area (TPSA) is 88.1 Å². The van der Waals surface area contributed by atoms with E-state index in [9.17, 15) is 13.2 Å². The van der Waals surface area contributed by atoms with Crippen molar-refractivity contribution in [2.75, 3.05) is 5.73 Å². The van der Waals surface area contributed by atoms with Crippen LogP contribution in [0, 0.1) is 5.92 Å². The maximum absolute atomic E-state index is 13.2. The van der Waals surface area contributed by atoms with Crippen LogP contribution in [0.1, 0.15) is 56.5 Å². The number of aryl methyl sites for hydroxylation is 2. The Morgan fingerprint density at radius 3 is 2.66 bits per heavy atom. The van der Waals surface area contributed by atoms with Gasteiger partial charge in [-0.05, 0) is 69.2 Å². The molecular weight excluding hydrogens is 495 g/mol. The molecule has 1 aliphatic heterocycles. The molecule has 0 bridgehead atoms. The maximum Gasteiger partial charge on any atom is 0.419 e. The van der Waals surface area contributed by atoms with Crippen molar-refractivity contribution in [2.45, 2.75) is 76.7 Å². The molecule has 38 heavy (non-hydrogen) atoms. The van der Waals surface area contributed by atoms with Crippen LogP contribution in [0.5, 0.6) is 0 Å². The molecule has 1 aromatic carbocycles. The van der Waals surface area contributed by atoms with E-state index in [1.54, 1.807) is 12.4 Å². The summed E-state index contributed by atoms with van der Waals surface area (Å²) in [5.74, 6) is -0.950. The number of nitrogens with two attached hydrogens (primary N) is 1. The third-order valence-electron chi connectivity index (χ3n) is 7.86. The lowest BCUT2D eigenvalue weighted by Gasteiger charge is -2.24. The van der Waals surface area contributed by atoms with Gasteiger partial charge in [-0.2, -0.15) is 13.2 Å². The molecule has 0 unspecified atom stereocenters. The van der Waals surface area contributed by atoms with Crippen molar-refractivity contribution < 1.29 is 22.6 Å². The van der Waals surface area contributed by atoms with Gasteiger partial charge in [0, 0.05) is 17.0 Å². The Labute approximate surface area is 218 Å². The van der Waals surface area contributed by atoms with E-state index in [0.29, 0.717) is 10.9 Å². The average molecular weight is 526 g/mol. The number of aromatic nitrogens is 4. The number of nitrogen functional groups attached to an aromatic ring is 1. The van der Waals surface area contributed by atoms with Crippen LogP contribution in [0.2, 0.25) is 0 Å². The molecule has 2 fully saturated rings. The lowest BCUT2D eigenvalue weighted by atomic mass is 9.95. The van der Waals surface area contributed by atoms with E-state index in [0.717, 1.165) is 54.0 Å². The highest BCUT2D eigenvalue weighted by Crippen LogP contribution is 2.49. The van der Waals surface area contributed by atoms with Crippen LogP contribution in [0.4, 0.5) is 19.0 Å². The Hall–Kier alpha value is -3.24. The number of hydrogen-bond donors (Lipinski definition) is 1. The standard InChI is InChI=1S/C28H30F3N5O2/c1-4-20-18-9-10-36(26(18)34-14-33-20)22-13-17(23-24(22)38-27(2,3)37-23)8-6-15-5-7-16-12-19(28(29,30)31)25(32)35-21(16)11-15/h5,7,9-12,14,17,22-24H,4,6,8,13H2,1-3H3,(H2,32,35)/t17-,22+,23+,24-/m0/s1. The zero-order valence-electron chi connectivity index (χ0n) is 21.5. The summed E-state index contributed by atoms with van der Waals surface area (Å²) in [7, 11) is 0. The number of fused-ring (bicyclic) bond motifs is 3. The van der Waals surface area contributed by atoms with Gasteiger partial charge in [0.25, 0.3) is 0 Å². The van der Waals surface area contributed by atoms with E-state index in [-0.39, 0.29) is 24.2 Å². The molecule has 2 N–H and O–H groups in total. The van der Waals surface area contributed by atoms with Crippen molar-refractivity contribution in [3.63, 3.8) is 0 Å². The minimum atomic E-state index is -4.54. The van der Waals surface area contributed by atoms with Crippen LogP contribution < -0.4 is 5.73 Å². The largest absolute Gasteiger partial charge is 0.419 e. The molecule has 0 amide bonds. The zero-order valence-corrected chi connectivity index (χ0v) is 21.5. The molecule has 1 saturated carbocycles. The quantitative estimate of drug-likeness (QED) is 0.351. The highest BCUT2D eigenvalue weighted by atomic mass is 19.4. The highest BCUT2D eigenvalue weighted by molar-refractivity contribution is 5.82. The Morgan fingerprint density at radius 1 is 1.11 bits per heavy atom. The zero-order chi connectivity index (χ0) is 26.8. The lowest BCUT2D eigenvalue weighted by molar-refractivity contribution is -0.160. The van der Waals surface area contributed by atoms with Crippen LogP contribution in [0.3, 0.4) is 0 Å². The molecule has 6 rings (SSSR count). The number of rotatable bonds is 5. The number of benzene rings is 1. The van der Waals surface area contributed by atoms with E-state index in [4.69, 9.17) is 15.2 Å². The first-order valence-corrected chi connectivity index (χ1v) is 13.0. The first-order chi connectivity index (χ1) is 18.0. The molecule has 4 aromatic rings. The summed E-state index contributed by atoms with van der Waals surface area (Å²) in [5, 5.41) is 1.48. The molecule has 7 nitrogen and oxygen atoms in total. The molecule has 1 saturated heterocycles. The number of halogens is 3. The summed E-state index contributed by atoms with van der Waals surface area (Å²) < 4.78 is 54.7. The van der Waals surface area contributed by atoms with Crippen LogP contribution in [0.25, 0.3) is 21.9 Å². The minimum Gasteiger partial charge on any atom is -0.383 e. The minimum absolute atomic E-state index is 0.0662. The summed E-state index contributed by atoms with van der Waals surface area (Å²) >= 11 is 0. The number of pyridine rings is 1. The summed E-state index contributed by atoms with van der Waals surface area (Å²) in [6.07, 6.45) is 2.26. The first kappa shape index (κ1) is 25.1. The van der Waals surface area contributed by atoms with Gasteiger partial charge >= 0.3 is 6.18 Å². The molecular formula is C28H30F3N5O2. The van der Waals surface area contributed by atoms with E-state index < -0.39 is 23.3 Å². The first-order valence-electron chi connectivity index (χ1n) is 13.0. The molecule has 1 aliphatic carbocycles. The Morgan fingerprint density at radius 2 is 1.89 bits per heavy atom. The Kier molecular flexibility index (Phi) is 5.88. The average Bonchev–Trinajstić information content (AvgIpc) is 3.52. The van der Waals surface area contributed by atoms with Crippen LogP contribution in [-0.2, 0) is 28.5 Å². The number of ether oxygens (including phenoxy) is 2. The molecule has 3 aromatic heterocycles. The van der Waals surface area contributed by atoms with Crippen molar-refractivity contribution in [3.8, 4) is 0 Å². The fraction of sp³-hybridized carbons (Fsp3) is 0.464. The van der Waals surface area contributed by atoms with Gasteiger partial charge in [0.15, 0.2) is 5.79 Å². The van der Waals surface area contributed by atoms with Crippen LogP contribution in [-0.4, -0.2) is 37.5 Å². The van der Waals surface area contributed by atoms with E-state index in [1.165, 1.54) is 0 Å².